The molecule has 1 aromatic heterocycles. The molecule has 1 aliphatic carbocycles. The molecule has 0 radical (unpaired) electrons. The minimum atomic E-state index is 0. The van der Waals surface area contributed by atoms with Crippen molar-refractivity contribution >= 4 is 18.3 Å². The molecule has 0 unspecified atom stereocenters. The summed E-state index contributed by atoms with van der Waals surface area (Å²) in [6.07, 6.45) is 5.70. The van der Waals surface area contributed by atoms with Gasteiger partial charge in [0.25, 0.3) is 5.91 Å². The van der Waals surface area contributed by atoms with Gasteiger partial charge in [-0.3, -0.25) is 4.79 Å². The van der Waals surface area contributed by atoms with Crippen LogP contribution in [0.2, 0.25) is 0 Å². The molecule has 2 aromatic rings. The van der Waals surface area contributed by atoms with Gasteiger partial charge in [0.2, 0.25) is 11.7 Å². The van der Waals surface area contributed by atoms with Crippen molar-refractivity contribution in [3.05, 3.63) is 35.7 Å². The highest BCUT2D eigenvalue weighted by Crippen LogP contribution is 2.40. The summed E-state index contributed by atoms with van der Waals surface area (Å²) >= 11 is 0. The van der Waals surface area contributed by atoms with E-state index in [1.807, 2.05) is 29.2 Å². The Morgan fingerprint density at radius 3 is 2.74 bits per heavy atom. The van der Waals surface area contributed by atoms with Gasteiger partial charge in [0.15, 0.2) is 0 Å². The molecule has 7 heteroatoms. The number of carbonyl (C=O) groups is 1. The van der Waals surface area contributed by atoms with E-state index in [-0.39, 0.29) is 18.3 Å². The van der Waals surface area contributed by atoms with Gasteiger partial charge in [-0.25, -0.2) is 0 Å². The number of rotatable bonds is 3. The highest BCUT2D eigenvalue weighted by Gasteiger charge is 2.38. The van der Waals surface area contributed by atoms with Crippen molar-refractivity contribution in [3.63, 3.8) is 0 Å². The first-order valence-corrected chi connectivity index (χ1v) is 9.67. The fourth-order valence-corrected chi connectivity index (χ4v) is 4.23. The first-order valence-electron chi connectivity index (χ1n) is 9.67. The van der Waals surface area contributed by atoms with Gasteiger partial charge in [-0.2, -0.15) is 4.98 Å². The lowest BCUT2D eigenvalue weighted by atomic mass is 9.78. The average Bonchev–Trinajstić information content (AvgIpc) is 3.24. The van der Waals surface area contributed by atoms with Crippen molar-refractivity contribution in [3.8, 4) is 11.4 Å². The first kappa shape index (κ1) is 18.4. The summed E-state index contributed by atoms with van der Waals surface area (Å²) < 4.78 is 5.35. The predicted octanol–water partition coefficient (Wildman–Crippen LogP) is 3.25. The minimum Gasteiger partial charge on any atom is -0.339 e. The Morgan fingerprint density at radius 1 is 1.22 bits per heavy atom. The van der Waals surface area contributed by atoms with Crippen LogP contribution in [-0.2, 0) is 0 Å². The molecule has 0 bridgehead atoms. The molecule has 3 fully saturated rings. The minimum absolute atomic E-state index is 0. The van der Waals surface area contributed by atoms with Crippen LogP contribution in [0.1, 0.15) is 54.3 Å². The number of piperidine rings is 1. The molecule has 3 heterocycles. The smallest absolute Gasteiger partial charge is 0.253 e. The number of hydrogen-bond donors (Lipinski definition) is 1. The van der Waals surface area contributed by atoms with Crippen LogP contribution < -0.4 is 5.32 Å². The number of benzene rings is 1. The van der Waals surface area contributed by atoms with E-state index in [0.717, 1.165) is 63.3 Å². The van der Waals surface area contributed by atoms with E-state index in [4.69, 9.17) is 4.52 Å². The van der Waals surface area contributed by atoms with Crippen LogP contribution in [0, 0.1) is 5.41 Å². The number of halogens is 1. The summed E-state index contributed by atoms with van der Waals surface area (Å²) in [5.74, 6) is 1.85. The number of aromatic nitrogens is 2. The van der Waals surface area contributed by atoms with Gasteiger partial charge < -0.3 is 14.7 Å². The highest BCUT2D eigenvalue weighted by atomic mass is 35.5. The number of nitrogens with one attached hydrogen (secondary N) is 1. The molecule has 1 N–H and O–H groups in total. The maximum absolute atomic E-state index is 13.0. The molecule has 1 aromatic carbocycles. The van der Waals surface area contributed by atoms with E-state index in [0.29, 0.717) is 22.7 Å². The summed E-state index contributed by atoms with van der Waals surface area (Å²) in [6, 6.07) is 7.62. The van der Waals surface area contributed by atoms with Crippen molar-refractivity contribution in [2.75, 3.05) is 26.2 Å². The van der Waals surface area contributed by atoms with E-state index in [1.54, 1.807) is 0 Å². The maximum Gasteiger partial charge on any atom is 0.253 e. The second kappa shape index (κ2) is 7.24. The van der Waals surface area contributed by atoms with Crippen LogP contribution in [0.4, 0.5) is 0 Å². The Labute approximate surface area is 165 Å². The molecular weight excluding hydrogens is 364 g/mol. The van der Waals surface area contributed by atoms with Crippen molar-refractivity contribution in [1.29, 1.82) is 0 Å². The molecule has 27 heavy (non-hydrogen) atoms. The van der Waals surface area contributed by atoms with E-state index in [1.165, 1.54) is 6.42 Å². The normalized spacial score (nSPS) is 21.3. The average molecular weight is 389 g/mol. The summed E-state index contributed by atoms with van der Waals surface area (Å²) in [4.78, 5) is 19.4. The Bertz CT molecular complexity index is 817. The lowest BCUT2D eigenvalue weighted by molar-refractivity contribution is 0.0607. The third-order valence-electron chi connectivity index (χ3n) is 6.18. The number of likely N-dealkylation sites (tertiary alicyclic amines) is 1. The topological polar surface area (TPSA) is 71.3 Å². The van der Waals surface area contributed by atoms with Crippen molar-refractivity contribution in [2.45, 2.75) is 38.0 Å². The summed E-state index contributed by atoms with van der Waals surface area (Å²) in [6.45, 7) is 3.91. The van der Waals surface area contributed by atoms with Crippen LogP contribution in [0.25, 0.3) is 11.4 Å². The molecular formula is C20H25ClN4O2. The highest BCUT2D eigenvalue weighted by molar-refractivity contribution is 5.95. The maximum atomic E-state index is 13.0. The molecule has 1 saturated carbocycles. The molecule has 5 rings (SSSR count). The van der Waals surface area contributed by atoms with Gasteiger partial charge in [0.1, 0.15) is 0 Å². The standard InChI is InChI=1S/C20H24N4O2.ClH/c25-19(24-10-7-20(8-11-24)6-9-21-13-20)16-3-1-2-15(12-16)17-22-18(26-23-17)14-4-5-14;/h1-3,12,14,21H,4-11,13H2;1H. The summed E-state index contributed by atoms with van der Waals surface area (Å²) in [5, 5.41) is 7.56. The number of carbonyl (C=O) groups excluding carboxylic acids is 1. The fourth-order valence-electron chi connectivity index (χ4n) is 4.23. The Balaban J connectivity index is 0.00000180. The van der Waals surface area contributed by atoms with Crippen molar-refractivity contribution in [1.82, 2.24) is 20.4 Å². The second-order valence-electron chi connectivity index (χ2n) is 8.03. The largest absolute Gasteiger partial charge is 0.339 e. The number of amides is 1. The quantitative estimate of drug-likeness (QED) is 0.873. The third-order valence-corrected chi connectivity index (χ3v) is 6.18. The molecule has 144 valence electrons. The molecule has 2 aliphatic heterocycles. The third kappa shape index (κ3) is 3.60. The second-order valence-corrected chi connectivity index (χ2v) is 8.03. The zero-order valence-electron chi connectivity index (χ0n) is 15.3. The van der Waals surface area contributed by atoms with Crippen LogP contribution in [0.5, 0.6) is 0 Å². The Morgan fingerprint density at radius 2 is 2.04 bits per heavy atom. The van der Waals surface area contributed by atoms with Gasteiger partial charge in [-0.1, -0.05) is 17.3 Å². The van der Waals surface area contributed by atoms with Gasteiger partial charge in [0.05, 0.1) is 0 Å². The van der Waals surface area contributed by atoms with E-state index in [2.05, 4.69) is 15.5 Å². The summed E-state index contributed by atoms with van der Waals surface area (Å²) in [7, 11) is 0. The van der Waals surface area contributed by atoms with Gasteiger partial charge in [-0.05, 0) is 56.2 Å². The van der Waals surface area contributed by atoms with Gasteiger partial charge >= 0.3 is 0 Å². The van der Waals surface area contributed by atoms with E-state index in [9.17, 15) is 4.79 Å². The van der Waals surface area contributed by atoms with Crippen LogP contribution in [-0.4, -0.2) is 47.1 Å². The van der Waals surface area contributed by atoms with Crippen LogP contribution in [0.3, 0.4) is 0 Å². The van der Waals surface area contributed by atoms with E-state index < -0.39 is 0 Å². The first-order chi connectivity index (χ1) is 12.7. The van der Waals surface area contributed by atoms with Crippen molar-refractivity contribution < 1.29 is 9.32 Å². The van der Waals surface area contributed by atoms with Crippen LogP contribution in [0.15, 0.2) is 28.8 Å². The number of nitrogens with zero attached hydrogens (tertiary/aromatic N) is 3. The van der Waals surface area contributed by atoms with Crippen LogP contribution >= 0.6 is 12.4 Å². The van der Waals surface area contributed by atoms with Gasteiger partial charge in [0, 0.05) is 36.7 Å². The summed E-state index contributed by atoms with van der Waals surface area (Å²) in [5.41, 5.74) is 1.98. The molecule has 1 spiro atoms. The zero-order valence-corrected chi connectivity index (χ0v) is 16.1. The predicted molar refractivity (Wildman–Crippen MR) is 104 cm³/mol. The van der Waals surface area contributed by atoms with E-state index >= 15 is 0 Å². The SMILES string of the molecule is Cl.O=C(c1cccc(-c2noc(C3CC3)n2)c1)N1CCC2(CCNC2)CC1. The monoisotopic (exact) mass is 388 g/mol. The molecule has 1 amide bonds. The lowest BCUT2D eigenvalue weighted by Gasteiger charge is -2.38. The fraction of sp³-hybridized carbons (Fsp3) is 0.550. The zero-order chi connectivity index (χ0) is 17.6. The molecule has 0 atom stereocenters. The Kier molecular flexibility index (Phi) is 4.95. The Hall–Kier alpha value is -1.92. The van der Waals surface area contributed by atoms with Gasteiger partial charge in [-0.15, -0.1) is 12.4 Å². The molecule has 3 aliphatic rings. The lowest BCUT2D eigenvalue weighted by Crippen LogP contribution is -2.44. The molecule has 2 saturated heterocycles. The molecule has 6 nitrogen and oxygen atoms in total. The number of hydrogen-bond acceptors (Lipinski definition) is 5. The van der Waals surface area contributed by atoms with Crippen molar-refractivity contribution in [2.24, 2.45) is 5.41 Å².